The molecule has 4 rings (SSSR count). The number of carbonyl (C=O) groups is 1. The monoisotopic (exact) mass is 410 g/mol. The van der Waals surface area contributed by atoms with E-state index in [1.807, 2.05) is 19.1 Å². The summed E-state index contributed by atoms with van der Waals surface area (Å²) < 4.78 is 7.16. The molecule has 30 heavy (non-hydrogen) atoms. The molecule has 0 saturated carbocycles. The van der Waals surface area contributed by atoms with Gasteiger partial charge < -0.3 is 9.42 Å². The molecule has 0 atom stereocenters. The van der Waals surface area contributed by atoms with Crippen molar-refractivity contribution in [3.63, 3.8) is 0 Å². The molecular weight excluding hydrogens is 388 g/mol. The normalized spacial score (nSPS) is 14.5. The number of benzene rings is 1. The number of likely N-dealkylation sites (tertiary alicyclic amines) is 1. The van der Waals surface area contributed by atoms with Gasteiger partial charge in [0.1, 0.15) is 0 Å². The molecule has 1 amide bonds. The van der Waals surface area contributed by atoms with Crippen molar-refractivity contribution in [1.82, 2.24) is 29.4 Å². The minimum Gasteiger partial charge on any atom is -0.334 e. The van der Waals surface area contributed by atoms with Crippen LogP contribution >= 0.6 is 0 Å². The fourth-order valence-electron chi connectivity index (χ4n) is 3.38. The van der Waals surface area contributed by atoms with Gasteiger partial charge in [0.15, 0.2) is 5.69 Å². The first-order valence-electron chi connectivity index (χ1n) is 9.86. The topological polar surface area (TPSA) is 116 Å². The van der Waals surface area contributed by atoms with Gasteiger partial charge >= 0.3 is 17.5 Å². The van der Waals surface area contributed by atoms with Gasteiger partial charge in [-0.25, -0.2) is 4.79 Å². The standard InChI is InChI=1S/C20H22N6O4/c1-13-7-9-14(10-8-13)26-20(29)24(2)18(27)15(22-26)16-21-17(30-23-16)19(28)25-11-5-3-4-6-12-25/h7-10H,3-6,11-12H2,1-2H3. The average Bonchev–Trinajstić information content (AvgIpc) is 3.07. The third-order valence-corrected chi connectivity index (χ3v) is 5.17. The van der Waals surface area contributed by atoms with Gasteiger partial charge in [-0.3, -0.25) is 14.2 Å². The molecule has 0 spiro atoms. The number of hydrogen-bond donors (Lipinski definition) is 0. The lowest BCUT2D eigenvalue weighted by Crippen LogP contribution is -2.40. The minimum atomic E-state index is -0.669. The van der Waals surface area contributed by atoms with Gasteiger partial charge in [-0.05, 0) is 31.9 Å². The summed E-state index contributed by atoms with van der Waals surface area (Å²) in [6, 6.07) is 7.12. The minimum absolute atomic E-state index is 0.130. The van der Waals surface area contributed by atoms with Gasteiger partial charge in [0.2, 0.25) is 5.82 Å². The molecule has 1 aromatic carbocycles. The van der Waals surface area contributed by atoms with E-state index in [4.69, 9.17) is 4.52 Å². The van der Waals surface area contributed by atoms with Crippen LogP contribution in [-0.2, 0) is 7.05 Å². The second kappa shape index (κ2) is 8.05. The fraction of sp³-hybridized carbons (Fsp3) is 0.400. The second-order valence-electron chi connectivity index (χ2n) is 7.37. The quantitative estimate of drug-likeness (QED) is 0.639. The zero-order chi connectivity index (χ0) is 21.3. The third kappa shape index (κ3) is 3.68. The van der Waals surface area contributed by atoms with Crippen LogP contribution in [0.3, 0.4) is 0 Å². The molecule has 0 bridgehead atoms. The van der Waals surface area contributed by atoms with Gasteiger partial charge in [-0.15, -0.1) is 0 Å². The molecule has 1 fully saturated rings. The average molecular weight is 410 g/mol. The van der Waals surface area contributed by atoms with Crippen LogP contribution in [0.2, 0.25) is 0 Å². The Morgan fingerprint density at radius 1 is 1.03 bits per heavy atom. The van der Waals surface area contributed by atoms with Gasteiger partial charge in [-0.1, -0.05) is 35.7 Å². The molecule has 2 aromatic heterocycles. The fourth-order valence-corrected chi connectivity index (χ4v) is 3.38. The van der Waals surface area contributed by atoms with Gasteiger partial charge in [0.25, 0.3) is 5.56 Å². The van der Waals surface area contributed by atoms with Crippen molar-refractivity contribution in [3.8, 4) is 17.2 Å². The van der Waals surface area contributed by atoms with E-state index in [0.29, 0.717) is 18.8 Å². The van der Waals surface area contributed by atoms with Crippen molar-refractivity contribution in [2.45, 2.75) is 32.6 Å². The molecule has 1 aliphatic rings. The summed E-state index contributed by atoms with van der Waals surface area (Å²) in [6.45, 7) is 3.19. The first-order chi connectivity index (χ1) is 14.5. The number of nitrogens with zero attached hydrogens (tertiary/aromatic N) is 6. The van der Waals surface area contributed by atoms with Crippen LogP contribution in [0.25, 0.3) is 17.2 Å². The van der Waals surface area contributed by atoms with Crippen molar-refractivity contribution in [2.24, 2.45) is 7.05 Å². The van der Waals surface area contributed by atoms with Crippen molar-refractivity contribution in [3.05, 3.63) is 56.6 Å². The van der Waals surface area contributed by atoms with E-state index in [1.54, 1.807) is 17.0 Å². The number of carbonyl (C=O) groups excluding carboxylic acids is 1. The van der Waals surface area contributed by atoms with Crippen molar-refractivity contribution >= 4 is 5.91 Å². The van der Waals surface area contributed by atoms with E-state index >= 15 is 0 Å². The summed E-state index contributed by atoms with van der Waals surface area (Å²) in [5, 5.41) is 7.95. The van der Waals surface area contributed by atoms with Crippen molar-refractivity contribution < 1.29 is 9.32 Å². The number of aryl methyl sites for hydroxylation is 1. The molecule has 3 aromatic rings. The van der Waals surface area contributed by atoms with Gasteiger partial charge in [0.05, 0.1) is 5.69 Å². The van der Waals surface area contributed by atoms with Crippen molar-refractivity contribution in [1.29, 1.82) is 0 Å². The number of hydrogen-bond acceptors (Lipinski definition) is 7. The van der Waals surface area contributed by atoms with Crippen molar-refractivity contribution in [2.75, 3.05) is 13.1 Å². The highest BCUT2D eigenvalue weighted by Gasteiger charge is 2.25. The van der Waals surface area contributed by atoms with Gasteiger partial charge in [-0.2, -0.15) is 14.8 Å². The number of amides is 1. The Balaban J connectivity index is 1.72. The molecule has 0 radical (unpaired) electrons. The summed E-state index contributed by atoms with van der Waals surface area (Å²) in [6.07, 6.45) is 4.02. The molecule has 3 heterocycles. The van der Waals surface area contributed by atoms with E-state index in [-0.39, 0.29) is 23.3 Å². The molecule has 0 aliphatic carbocycles. The Morgan fingerprint density at radius 3 is 2.37 bits per heavy atom. The molecule has 0 unspecified atom stereocenters. The Hall–Kier alpha value is -3.56. The Kier molecular flexibility index (Phi) is 5.30. The highest BCUT2D eigenvalue weighted by atomic mass is 16.5. The molecule has 1 saturated heterocycles. The summed E-state index contributed by atoms with van der Waals surface area (Å²) >= 11 is 0. The van der Waals surface area contributed by atoms with E-state index in [0.717, 1.165) is 40.5 Å². The molecule has 0 N–H and O–H groups in total. The third-order valence-electron chi connectivity index (χ3n) is 5.17. The highest BCUT2D eigenvalue weighted by Crippen LogP contribution is 2.15. The first kappa shape index (κ1) is 19.7. The van der Waals surface area contributed by atoms with E-state index < -0.39 is 11.2 Å². The second-order valence-corrected chi connectivity index (χ2v) is 7.37. The first-order valence-corrected chi connectivity index (χ1v) is 9.86. The summed E-state index contributed by atoms with van der Waals surface area (Å²) in [4.78, 5) is 43.7. The van der Waals surface area contributed by atoms with E-state index in [1.165, 1.54) is 7.05 Å². The van der Waals surface area contributed by atoms with Crippen LogP contribution in [0, 0.1) is 6.92 Å². The zero-order valence-corrected chi connectivity index (χ0v) is 16.9. The SMILES string of the molecule is Cc1ccc(-n2nc(-c3noc(C(=O)N4CCCCCC4)n3)c(=O)n(C)c2=O)cc1. The molecule has 1 aliphatic heterocycles. The largest absolute Gasteiger partial charge is 0.351 e. The summed E-state index contributed by atoms with van der Waals surface area (Å²) in [5.41, 5.74) is 0.0738. The maximum absolute atomic E-state index is 12.7. The summed E-state index contributed by atoms with van der Waals surface area (Å²) in [5.74, 6) is -0.683. The zero-order valence-electron chi connectivity index (χ0n) is 16.9. The van der Waals surface area contributed by atoms with Crippen LogP contribution in [-0.4, -0.2) is 48.4 Å². The Bertz CT molecular complexity index is 1180. The lowest BCUT2D eigenvalue weighted by atomic mass is 10.2. The maximum Gasteiger partial charge on any atom is 0.351 e. The Labute approximate surface area is 171 Å². The molecule has 156 valence electrons. The predicted molar refractivity (Wildman–Crippen MR) is 107 cm³/mol. The van der Waals surface area contributed by atoms with E-state index in [9.17, 15) is 14.4 Å². The lowest BCUT2D eigenvalue weighted by Gasteiger charge is -2.17. The number of rotatable bonds is 3. The molecule has 10 heteroatoms. The van der Waals surface area contributed by atoms with Crippen LogP contribution in [0.15, 0.2) is 38.4 Å². The van der Waals surface area contributed by atoms with Crippen LogP contribution in [0.5, 0.6) is 0 Å². The predicted octanol–water partition coefficient (Wildman–Crippen LogP) is 1.31. The maximum atomic E-state index is 12.7. The van der Waals surface area contributed by atoms with Crippen LogP contribution < -0.4 is 11.2 Å². The van der Waals surface area contributed by atoms with Crippen LogP contribution in [0.1, 0.15) is 41.9 Å². The summed E-state index contributed by atoms with van der Waals surface area (Å²) in [7, 11) is 1.35. The van der Waals surface area contributed by atoms with Crippen LogP contribution in [0.4, 0.5) is 0 Å². The highest BCUT2D eigenvalue weighted by molar-refractivity contribution is 5.89. The lowest BCUT2D eigenvalue weighted by molar-refractivity contribution is 0.0711. The van der Waals surface area contributed by atoms with Gasteiger partial charge in [0, 0.05) is 20.1 Å². The van der Waals surface area contributed by atoms with E-state index in [2.05, 4.69) is 15.2 Å². The number of aromatic nitrogens is 5. The molecule has 10 nitrogen and oxygen atoms in total. The smallest absolute Gasteiger partial charge is 0.334 e. The molecular formula is C20H22N6O4. The Morgan fingerprint density at radius 2 is 1.70 bits per heavy atom.